The molecule has 3 rings (SSSR count). The van der Waals surface area contributed by atoms with Crippen molar-refractivity contribution < 1.29 is 0 Å². The highest BCUT2D eigenvalue weighted by Gasteiger charge is 2.18. The van der Waals surface area contributed by atoms with Crippen molar-refractivity contribution in [2.45, 2.75) is 33.2 Å². The van der Waals surface area contributed by atoms with E-state index in [1.807, 2.05) is 13.8 Å². The van der Waals surface area contributed by atoms with Gasteiger partial charge in [-0.2, -0.15) is 0 Å². The number of hydrogen-bond donors (Lipinski definition) is 1. The molecule has 1 aromatic carbocycles. The number of aromatic amines is 1. The van der Waals surface area contributed by atoms with E-state index in [1.165, 1.54) is 11.3 Å². The summed E-state index contributed by atoms with van der Waals surface area (Å²) in [4.78, 5) is 24.0. The Hall–Kier alpha value is -2.14. The van der Waals surface area contributed by atoms with Crippen LogP contribution in [-0.4, -0.2) is 41.0 Å². The average molecular weight is 326 g/mol. The lowest BCUT2D eigenvalue weighted by Gasteiger charge is -2.36. The van der Waals surface area contributed by atoms with E-state index in [4.69, 9.17) is 0 Å². The predicted octanol–water partition coefficient (Wildman–Crippen LogP) is 2.52. The number of aryl methyl sites for hydroxylation is 1. The Labute approximate surface area is 143 Å². The second-order valence-corrected chi connectivity index (χ2v) is 6.88. The fourth-order valence-corrected chi connectivity index (χ4v) is 3.03. The first-order chi connectivity index (χ1) is 11.5. The van der Waals surface area contributed by atoms with Gasteiger partial charge in [0, 0.05) is 50.4 Å². The van der Waals surface area contributed by atoms with Crippen LogP contribution in [0.5, 0.6) is 0 Å². The average Bonchev–Trinajstić information content (AvgIpc) is 2.56. The van der Waals surface area contributed by atoms with Gasteiger partial charge >= 0.3 is 0 Å². The minimum absolute atomic E-state index is 0.0537. The molecule has 2 heterocycles. The summed E-state index contributed by atoms with van der Waals surface area (Å²) >= 11 is 0. The Kier molecular flexibility index (Phi) is 5.00. The molecular formula is C19H26N4O. The molecule has 0 unspecified atom stereocenters. The van der Waals surface area contributed by atoms with E-state index in [2.05, 4.69) is 51.0 Å². The molecule has 1 saturated heterocycles. The van der Waals surface area contributed by atoms with Crippen molar-refractivity contribution in [3.05, 3.63) is 57.8 Å². The number of aromatic nitrogens is 2. The first-order valence-electron chi connectivity index (χ1n) is 8.65. The lowest BCUT2D eigenvalue weighted by molar-refractivity contribution is 0.246. The SMILES string of the molecule is Cc1ccc(N2CCN(Cc3cc(=O)[nH]c(C(C)C)n3)CC2)cc1. The van der Waals surface area contributed by atoms with Gasteiger partial charge in [0.15, 0.2) is 0 Å². The Morgan fingerprint density at radius 3 is 2.42 bits per heavy atom. The van der Waals surface area contributed by atoms with E-state index in [0.29, 0.717) is 0 Å². The van der Waals surface area contributed by atoms with Crippen LogP contribution < -0.4 is 10.5 Å². The van der Waals surface area contributed by atoms with Crippen molar-refractivity contribution in [3.63, 3.8) is 0 Å². The molecule has 5 heteroatoms. The number of rotatable bonds is 4. The third-order valence-corrected chi connectivity index (χ3v) is 4.52. The number of piperazine rings is 1. The van der Waals surface area contributed by atoms with Gasteiger partial charge in [0.2, 0.25) is 0 Å². The molecule has 2 aromatic rings. The molecule has 0 bridgehead atoms. The van der Waals surface area contributed by atoms with Crippen LogP contribution in [0.25, 0.3) is 0 Å². The van der Waals surface area contributed by atoms with Crippen LogP contribution in [0.15, 0.2) is 35.1 Å². The van der Waals surface area contributed by atoms with E-state index >= 15 is 0 Å². The smallest absolute Gasteiger partial charge is 0.251 e. The molecule has 1 aliphatic rings. The Morgan fingerprint density at radius 1 is 1.12 bits per heavy atom. The molecular weight excluding hydrogens is 300 g/mol. The van der Waals surface area contributed by atoms with Crippen LogP contribution in [0, 0.1) is 6.92 Å². The lowest BCUT2D eigenvalue weighted by atomic mass is 10.2. The summed E-state index contributed by atoms with van der Waals surface area (Å²) in [5.41, 5.74) is 3.39. The van der Waals surface area contributed by atoms with Gasteiger partial charge in [-0.05, 0) is 19.1 Å². The van der Waals surface area contributed by atoms with Crippen molar-refractivity contribution in [2.24, 2.45) is 0 Å². The maximum Gasteiger partial charge on any atom is 0.251 e. The fourth-order valence-electron chi connectivity index (χ4n) is 3.03. The Balaban J connectivity index is 1.61. The summed E-state index contributed by atoms with van der Waals surface area (Å²) in [6, 6.07) is 10.3. The monoisotopic (exact) mass is 326 g/mol. The molecule has 1 fully saturated rings. The van der Waals surface area contributed by atoms with Gasteiger partial charge in [0.1, 0.15) is 5.82 Å². The molecule has 0 spiro atoms. The second-order valence-electron chi connectivity index (χ2n) is 6.88. The Bertz CT molecular complexity index is 728. The van der Waals surface area contributed by atoms with Crippen LogP contribution in [0.1, 0.15) is 36.8 Å². The summed E-state index contributed by atoms with van der Waals surface area (Å²) in [6.07, 6.45) is 0. The molecule has 1 N–H and O–H groups in total. The van der Waals surface area contributed by atoms with Crippen molar-refractivity contribution in [2.75, 3.05) is 31.1 Å². The van der Waals surface area contributed by atoms with E-state index in [0.717, 1.165) is 44.2 Å². The van der Waals surface area contributed by atoms with Gasteiger partial charge in [0.05, 0.1) is 5.69 Å². The van der Waals surface area contributed by atoms with Gasteiger partial charge < -0.3 is 9.88 Å². The minimum atomic E-state index is -0.0537. The molecule has 0 saturated carbocycles. The van der Waals surface area contributed by atoms with Gasteiger partial charge in [-0.1, -0.05) is 31.5 Å². The molecule has 128 valence electrons. The zero-order valence-corrected chi connectivity index (χ0v) is 14.7. The zero-order valence-electron chi connectivity index (χ0n) is 14.7. The van der Waals surface area contributed by atoms with E-state index < -0.39 is 0 Å². The molecule has 5 nitrogen and oxygen atoms in total. The maximum absolute atomic E-state index is 11.8. The number of H-pyrrole nitrogens is 1. The van der Waals surface area contributed by atoms with Crippen LogP contribution in [0.3, 0.4) is 0 Å². The predicted molar refractivity (Wildman–Crippen MR) is 97.6 cm³/mol. The maximum atomic E-state index is 11.8. The lowest BCUT2D eigenvalue weighted by Crippen LogP contribution is -2.46. The normalized spacial score (nSPS) is 15.9. The molecule has 0 atom stereocenters. The van der Waals surface area contributed by atoms with Crippen molar-refractivity contribution in [1.29, 1.82) is 0 Å². The summed E-state index contributed by atoms with van der Waals surface area (Å²) in [5, 5.41) is 0. The number of nitrogens with one attached hydrogen (secondary N) is 1. The highest BCUT2D eigenvalue weighted by molar-refractivity contribution is 5.47. The van der Waals surface area contributed by atoms with Gasteiger partial charge in [-0.25, -0.2) is 4.98 Å². The van der Waals surface area contributed by atoms with Crippen LogP contribution in [0.2, 0.25) is 0 Å². The van der Waals surface area contributed by atoms with E-state index in [-0.39, 0.29) is 11.5 Å². The summed E-state index contributed by atoms with van der Waals surface area (Å²) < 4.78 is 0. The number of nitrogens with zero attached hydrogens (tertiary/aromatic N) is 3. The standard InChI is InChI=1S/C19H26N4O/c1-14(2)19-20-16(12-18(24)21-19)13-22-8-10-23(11-9-22)17-6-4-15(3)5-7-17/h4-7,12,14H,8-11,13H2,1-3H3,(H,20,21,24). The number of benzene rings is 1. The van der Waals surface area contributed by atoms with Crippen LogP contribution in [0.4, 0.5) is 5.69 Å². The van der Waals surface area contributed by atoms with Crippen molar-refractivity contribution in [1.82, 2.24) is 14.9 Å². The van der Waals surface area contributed by atoms with Gasteiger partial charge in [-0.3, -0.25) is 9.69 Å². The minimum Gasteiger partial charge on any atom is -0.369 e. The van der Waals surface area contributed by atoms with Crippen molar-refractivity contribution >= 4 is 5.69 Å². The largest absolute Gasteiger partial charge is 0.369 e. The van der Waals surface area contributed by atoms with E-state index in [9.17, 15) is 4.79 Å². The van der Waals surface area contributed by atoms with Crippen LogP contribution >= 0.6 is 0 Å². The molecule has 1 aliphatic heterocycles. The summed E-state index contributed by atoms with van der Waals surface area (Å²) in [5.74, 6) is 1.01. The third kappa shape index (κ3) is 4.03. The first-order valence-corrected chi connectivity index (χ1v) is 8.65. The van der Waals surface area contributed by atoms with Crippen molar-refractivity contribution in [3.8, 4) is 0 Å². The number of anilines is 1. The van der Waals surface area contributed by atoms with E-state index in [1.54, 1.807) is 6.07 Å². The second kappa shape index (κ2) is 7.18. The topological polar surface area (TPSA) is 52.2 Å². The molecule has 0 radical (unpaired) electrons. The van der Waals surface area contributed by atoms with Crippen LogP contribution in [-0.2, 0) is 6.54 Å². The highest BCUT2D eigenvalue weighted by atomic mass is 16.1. The fraction of sp³-hybridized carbons (Fsp3) is 0.474. The Morgan fingerprint density at radius 2 is 1.79 bits per heavy atom. The van der Waals surface area contributed by atoms with Gasteiger partial charge in [-0.15, -0.1) is 0 Å². The summed E-state index contributed by atoms with van der Waals surface area (Å²) in [6.45, 7) is 10.9. The molecule has 0 amide bonds. The molecule has 0 aliphatic carbocycles. The molecule has 1 aromatic heterocycles. The zero-order chi connectivity index (χ0) is 17.1. The summed E-state index contributed by atoms with van der Waals surface area (Å²) in [7, 11) is 0. The number of hydrogen-bond acceptors (Lipinski definition) is 4. The van der Waals surface area contributed by atoms with Gasteiger partial charge in [0.25, 0.3) is 5.56 Å². The quantitative estimate of drug-likeness (QED) is 0.938. The highest BCUT2D eigenvalue weighted by Crippen LogP contribution is 2.18. The first kappa shape index (κ1) is 16.7. The molecule has 24 heavy (non-hydrogen) atoms. The third-order valence-electron chi connectivity index (χ3n) is 4.52.